The van der Waals surface area contributed by atoms with Crippen LogP contribution >= 0.6 is 0 Å². The lowest BCUT2D eigenvalue weighted by molar-refractivity contribution is 0.0733. The molecule has 0 aliphatic carbocycles. The molecule has 0 unspecified atom stereocenters. The zero-order valence-corrected chi connectivity index (χ0v) is 13.4. The molecule has 0 aromatic carbocycles. The van der Waals surface area contributed by atoms with E-state index in [1.807, 2.05) is 12.1 Å². The molecule has 4 heterocycles. The maximum atomic E-state index is 12.5. The van der Waals surface area contributed by atoms with Crippen LogP contribution in [0.2, 0.25) is 0 Å². The van der Waals surface area contributed by atoms with Crippen LogP contribution < -0.4 is 5.56 Å². The predicted molar refractivity (Wildman–Crippen MR) is 90.3 cm³/mol. The van der Waals surface area contributed by atoms with E-state index in [2.05, 4.69) is 25.9 Å². The van der Waals surface area contributed by atoms with Crippen molar-refractivity contribution in [3.63, 3.8) is 0 Å². The molecular weight excluding hydrogens is 304 g/mol. The van der Waals surface area contributed by atoms with Gasteiger partial charge >= 0.3 is 0 Å². The van der Waals surface area contributed by atoms with Gasteiger partial charge in [0.25, 0.3) is 5.56 Å². The summed E-state index contributed by atoms with van der Waals surface area (Å²) in [4.78, 5) is 26.4. The van der Waals surface area contributed by atoms with Gasteiger partial charge in [0.2, 0.25) is 0 Å². The number of allylic oxidation sites excluding steroid dienone is 1. The maximum absolute atomic E-state index is 12.5. The second kappa shape index (κ2) is 6.57. The molecule has 0 saturated heterocycles. The quantitative estimate of drug-likeness (QED) is 0.933. The Balaban J connectivity index is 1.54. The first-order valence-corrected chi connectivity index (χ1v) is 8.35. The molecule has 1 N–H and O–H groups in total. The Morgan fingerprint density at radius 3 is 3.00 bits per heavy atom. The monoisotopic (exact) mass is 324 g/mol. The van der Waals surface area contributed by atoms with E-state index in [-0.39, 0.29) is 11.7 Å². The lowest BCUT2D eigenvalue weighted by Gasteiger charge is -2.31. The normalized spacial score (nSPS) is 20.4. The van der Waals surface area contributed by atoms with E-state index in [0.29, 0.717) is 12.4 Å². The molecular formula is C18H20N4O2. The number of pyridine rings is 1. The fourth-order valence-electron chi connectivity index (χ4n) is 3.29. The highest BCUT2D eigenvalue weighted by Crippen LogP contribution is 2.20. The van der Waals surface area contributed by atoms with Crippen molar-refractivity contribution in [2.45, 2.75) is 31.9 Å². The number of hydrogen-bond acceptors (Lipinski definition) is 5. The third kappa shape index (κ3) is 3.10. The lowest BCUT2D eigenvalue weighted by atomic mass is 10.0. The molecule has 2 aromatic rings. The molecule has 2 aromatic heterocycles. The van der Waals surface area contributed by atoms with Crippen LogP contribution in [0.4, 0.5) is 0 Å². The fourth-order valence-corrected chi connectivity index (χ4v) is 3.29. The zero-order valence-electron chi connectivity index (χ0n) is 13.4. The Labute approximate surface area is 140 Å². The second-order valence-corrected chi connectivity index (χ2v) is 6.27. The van der Waals surface area contributed by atoms with E-state index in [1.165, 1.54) is 0 Å². The third-order valence-electron chi connectivity index (χ3n) is 4.59. The van der Waals surface area contributed by atoms with Crippen LogP contribution in [0.1, 0.15) is 24.1 Å². The molecule has 0 amide bonds. The Morgan fingerprint density at radius 1 is 1.33 bits per heavy atom. The molecule has 6 heteroatoms. The molecule has 2 aliphatic heterocycles. The number of nitrogens with zero attached hydrogens (tertiary/aromatic N) is 3. The van der Waals surface area contributed by atoms with E-state index >= 15 is 0 Å². The topological polar surface area (TPSA) is 71.1 Å². The van der Waals surface area contributed by atoms with Gasteiger partial charge in [0.15, 0.2) is 0 Å². The van der Waals surface area contributed by atoms with Crippen molar-refractivity contribution in [1.29, 1.82) is 0 Å². The van der Waals surface area contributed by atoms with Gasteiger partial charge in [0, 0.05) is 44.0 Å². The average molecular weight is 324 g/mol. The van der Waals surface area contributed by atoms with Crippen molar-refractivity contribution < 1.29 is 4.74 Å². The molecule has 0 radical (unpaired) electrons. The van der Waals surface area contributed by atoms with E-state index < -0.39 is 0 Å². The number of nitrogens with one attached hydrogen (secondary N) is 1. The van der Waals surface area contributed by atoms with Gasteiger partial charge in [0.1, 0.15) is 11.9 Å². The summed E-state index contributed by atoms with van der Waals surface area (Å²) in [6.45, 7) is 2.40. The summed E-state index contributed by atoms with van der Waals surface area (Å²) in [6.07, 6.45) is 10.4. The van der Waals surface area contributed by atoms with Crippen molar-refractivity contribution in [1.82, 2.24) is 19.9 Å². The highest BCUT2D eigenvalue weighted by Gasteiger charge is 2.24. The van der Waals surface area contributed by atoms with Gasteiger partial charge in [-0.05, 0) is 31.1 Å². The number of hydrogen-bond donors (Lipinski definition) is 1. The molecule has 0 spiro atoms. The van der Waals surface area contributed by atoms with Crippen LogP contribution in [0.15, 0.2) is 41.7 Å². The van der Waals surface area contributed by atoms with Crippen LogP contribution in [-0.4, -0.2) is 39.0 Å². The van der Waals surface area contributed by atoms with Gasteiger partial charge in [0.05, 0.1) is 17.5 Å². The highest BCUT2D eigenvalue weighted by atomic mass is 16.5. The summed E-state index contributed by atoms with van der Waals surface area (Å²) in [5, 5.41) is 0. The van der Waals surface area contributed by atoms with Crippen LogP contribution in [0.5, 0.6) is 0 Å². The number of ether oxygens (including phenoxy) is 1. The summed E-state index contributed by atoms with van der Waals surface area (Å²) in [7, 11) is 0. The van der Waals surface area contributed by atoms with Crippen molar-refractivity contribution in [2.75, 3.05) is 13.1 Å². The Morgan fingerprint density at radius 2 is 2.21 bits per heavy atom. The molecule has 0 bridgehead atoms. The van der Waals surface area contributed by atoms with E-state index in [4.69, 9.17) is 4.74 Å². The van der Waals surface area contributed by atoms with Crippen molar-refractivity contribution >= 4 is 0 Å². The summed E-state index contributed by atoms with van der Waals surface area (Å²) in [6, 6.07) is 3.71. The fraction of sp³-hybridized carbons (Fsp3) is 0.389. The SMILES string of the molecule is O=c1[nH]c(-c2ccncc2)nc2c1CN(C[C@H]1CCC=CO1)CC2. The van der Waals surface area contributed by atoms with Crippen LogP contribution in [0.25, 0.3) is 11.4 Å². The molecule has 1 atom stereocenters. The first kappa shape index (κ1) is 15.1. The summed E-state index contributed by atoms with van der Waals surface area (Å²) < 4.78 is 5.65. The molecule has 6 nitrogen and oxygen atoms in total. The minimum Gasteiger partial charge on any atom is -0.497 e. The van der Waals surface area contributed by atoms with Crippen molar-refractivity contribution in [3.8, 4) is 11.4 Å². The first-order valence-electron chi connectivity index (χ1n) is 8.35. The van der Waals surface area contributed by atoms with Gasteiger partial charge in [-0.1, -0.05) is 0 Å². The average Bonchev–Trinajstić information content (AvgIpc) is 2.64. The Hall–Kier alpha value is -2.47. The van der Waals surface area contributed by atoms with Gasteiger partial charge in [-0.25, -0.2) is 4.98 Å². The van der Waals surface area contributed by atoms with E-state index in [0.717, 1.165) is 49.2 Å². The number of rotatable bonds is 3. The third-order valence-corrected chi connectivity index (χ3v) is 4.59. The summed E-state index contributed by atoms with van der Waals surface area (Å²) >= 11 is 0. The van der Waals surface area contributed by atoms with Crippen LogP contribution in [-0.2, 0) is 17.7 Å². The lowest BCUT2D eigenvalue weighted by Crippen LogP contribution is -2.40. The number of aromatic amines is 1. The van der Waals surface area contributed by atoms with Gasteiger partial charge in [-0.2, -0.15) is 0 Å². The molecule has 0 fully saturated rings. The molecule has 0 saturated carbocycles. The standard InChI is InChI=1S/C18H20N4O2/c23-18-15-12-22(11-14-3-1-2-10-24-14)9-6-16(15)20-17(21-18)13-4-7-19-8-5-13/h2,4-5,7-8,10,14H,1,3,6,9,11-12H2,(H,20,21,23)/t14-/m1/s1. The number of aromatic nitrogens is 3. The number of H-pyrrole nitrogens is 1. The molecule has 4 rings (SSSR count). The Bertz CT molecular complexity index is 800. The molecule has 124 valence electrons. The first-order chi connectivity index (χ1) is 11.8. The van der Waals surface area contributed by atoms with Crippen molar-refractivity contribution in [3.05, 3.63) is 58.5 Å². The van der Waals surface area contributed by atoms with E-state index in [1.54, 1.807) is 18.7 Å². The van der Waals surface area contributed by atoms with E-state index in [9.17, 15) is 4.79 Å². The van der Waals surface area contributed by atoms with Gasteiger partial charge < -0.3 is 9.72 Å². The van der Waals surface area contributed by atoms with Crippen LogP contribution in [0.3, 0.4) is 0 Å². The molecule has 24 heavy (non-hydrogen) atoms. The van der Waals surface area contributed by atoms with Crippen LogP contribution in [0, 0.1) is 0 Å². The summed E-state index contributed by atoms with van der Waals surface area (Å²) in [5.74, 6) is 0.621. The smallest absolute Gasteiger partial charge is 0.255 e. The molecule has 2 aliphatic rings. The Kier molecular flexibility index (Phi) is 4.13. The largest absolute Gasteiger partial charge is 0.497 e. The highest BCUT2D eigenvalue weighted by molar-refractivity contribution is 5.54. The summed E-state index contributed by atoms with van der Waals surface area (Å²) in [5.41, 5.74) is 2.53. The van der Waals surface area contributed by atoms with Gasteiger partial charge in [-0.3, -0.25) is 14.7 Å². The second-order valence-electron chi connectivity index (χ2n) is 6.27. The zero-order chi connectivity index (χ0) is 16.4. The van der Waals surface area contributed by atoms with Crippen molar-refractivity contribution in [2.24, 2.45) is 0 Å². The maximum Gasteiger partial charge on any atom is 0.255 e. The van der Waals surface area contributed by atoms with Gasteiger partial charge in [-0.15, -0.1) is 0 Å². The minimum atomic E-state index is -0.0408. The number of fused-ring (bicyclic) bond motifs is 1. The predicted octanol–water partition coefficient (Wildman–Crippen LogP) is 1.88. The minimum absolute atomic E-state index is 0.0408.